The van der Waals surface area contributed by atoms with Gasteiger partial charge >= 0.3 is 0 Å². The van der Waals surface area contributed by atoms with Crippen LogP contribution in [0.5, 0.6) is 0 Å². The molecule has 1 unspecified atom stereocenters. The summed E-state index contributed by atoms with van der Waals surface area (Å²) < 4.78 is 5.08. The minimum Gasteiger partial charge on any atom is -0.377 e. The van der Waals surface area contributed by atoms with E-state index in [0.29, 0.717) is 18.5 Å². The lowest BCUT2D eigenvalue weighted by atomic mass is 10.2. The van der Waals surface area contributed by atoms with Crippen LogP contribution in [0.25, 0.3) is 0 Å². The minimum absolute atomic E-state index is 0.427. The number of rotatable bonds is 6. The summed E-state index contributed by atoms with van der Waals surface area (Å²) in [6, 6.07) is 2.40. The first-order valence-electron chi connectivity index (χ1n) is 5.89. The van der Waals surface area contributed by atoms with E-state index in [1.165, 1.54) is 0 Å². The predicted octanol–water partition coefficient (Wildman–Crippen LogP) is 1.90. The maximum absolute atomic E-state index is 5.08. The molecule has 0 aliphatic rings. The van der Waals surface area contributed by atoms with E-state index < -0.39 is 0 Å². The second-order valence-electron chi connectivity index (χ2n) is 4.08. The second kappa shape index (κ2) is 6.39. The molecule has 1 rings (SSSR count). The molecule has 0 amide bonds. The van der Waals surface area contributed by atoms with Gasteiger partial charge in [0.15, 0.2) is 5.82 Å². The Morgan fingerprint density at radius 3 is 2.71 bits per heavy atom. The van der Waals surface area contributed by atoms with Gasteiger partial charge in [0.05, 0.1) is 0 Å². The quantitative estimate of drug-likeness (QED) is 0.820. The normalized spacial score (nSPS) is 12.3. The lowest BCUT2D eigenvalue weighted by molar-refractivity contribution is 0.178. The molecular weight excluding hydrogens is 216 g/mol. The topological polar surface area (TPSA) is 50.3 Å². The molecule has 1 N–H and O–H groups in total. The molecule has 17 heavy (non-hydrogen) atoms. The average Bonchev–Trinajstić information content (AvgIpc) is 2.36. The van der Waals surface area contributed by atoms with Crippen molar-refractivity contribution >= 4 is 11.6 Å². The molecular formula is C12H22N4O. The molecule has 0 aliphatic heterocycles. The highest BCUT2D eigenvalue weighted by molar-refractivity contribution is 5.49. The first-order chi connectivity index (χ1) is 8.12. The molecule has 1 aromatic rings. The third kappa shape index (κ3) is 3.56. The average molecular weight is 238 g/mol. The molecule has 0 bridgehead atoms. The van der Waals surface area contributed by atoms with Crippen molar-refractivity contribution in [1.82, 2.24) is 9.97 Å². The number of hydrogen-bond acceptors (Lipinski definition) is 5. The van der Waals surface area contributed by atoms with Crippen LogP contribution in [0, 0.1) is 0 Å². The number of ether oxygens (including phenoxy) is 1. The van der Waals surface area contributed by atoms with Gasteiger partial charge in [-0.3, -0.25) is 0 Å². The zero-order valence-electron chi connectivity index (χ0n) is 11.3. The molecule has 0 aliphatic carbocycles. The van der Waals surface area contributed by atoms with Crippen LogP contribution in [0.3, 0.4) is 0 Å². The molecule has 0 saturated heterocycles. The third-order valence-corrected chi connectivity index (χ3v) is 2.90. The fraction of sp³-hybridized carbons (Fsp3) is 0.667. The number of anilines is 2. The summed E-state index contributed by atoms with van der Waals surface area (Å²) in [6.07, 6.45) is 1.08. The molecule has 1 heterocycles. The van der Waals surface area contributed by atoms with Crippen LogP contribution in [-0.2, 0) is 11.3 Å². The van der Waals surface area contributed by atoms with Gasteiger partial charge in [-0.15, -0.1) is 0 Å². The van der Waals surface area contributed by atoms with Crippen molar-refractivity contribution in [1.29, 1.82) is 0 Å². The fourth-order valence-corrected chi connectivity index (χ4v) is 1.49. The maximum Gasteiger partial charge on any atom is 0.158 e. The van der Waals surface area contributed by atoms with E-state index >= 15 is 0 Å². The van der Waals surface area contributed by atoms with Crippen molar-refractivity contribution < 1.29 is 4.74 Å². The van der Waals surface area contributed by atoms with Gasteiger partial charge < -0.3 is 15.0 Å². The Labute approximate surface area is 103 Å². The van der Waals surface area contributed by atoms with Gasteiger partial charge in [-0.05, 0) is 13.3 Å². The van der Waals surface area contributed by atoms with Gasteiger partial charge in [0.25, 0.3) is 0 Å². The van der Waals surface area contributed by atoms with E-state index in [1.54, 1.807) is 7.11 Å². The van der Waals surface area contributed by atoms with E-state index in [-0.39, 0.29) is 0 Å². The summed E-state index contributed by atoms with van der Waals surface area (Å²) in [5, 5.41) is 3.04. The Kier molecular flexibility index (Phi) is 5.15. The molecule has 0 spiro atoms. The standard InChI is InChI=1S/C12H22N4O/c1-6-9(2)16(4)12-7-10(13-3)14-11(15-12)8-17-5/h7,9H,6,8H2,1-5H3,(H,13,14,15). The number of nitrogens with zero attached hydrogens (tertiary/aromatic N) is 3. The number of methoxy groups -OCH3 is 1. The van der Waals surface area contributed by atoms with Crippen LogP contribution in [0.2, 0.25) is 0 Å². The van der Waals surface area contributed by atoms with Crippen LogP contribution in [0.15, 0.2) is 6.07 Å². The van der Waals surface area contributed by atoms with E-state index in [2.05, 4.69) is 34.0 Å². The van der Waals surface area contributed by atoms with E-state index in [1.807, 2.05) is 20.2 Å². The van der Waals surface area contributed by atoms with Gasteiger partial charge in [0.2, 0.25) is 0 Å². The number of hydrogen-bond donors (Lipinski definition) is 1. The van der Waals surface area contributed by atoms with Gasteiger partial charge in [-0.25, -0.2) is 9.97 Å². The molecule has 1 aromatic heterocycles. The van der Waals surface area contributed by atoms with Crippen LogP contribution >= 0.6 is 0 Å². The number of aromatic nitrogens is 2. The van der Waals surface area contributed by atoms with Gasteiger partial charge in [-0.1, -0.05) is 6.92 Å². The van der Waals surface area contributed by atoms with Crippen molar-refractivity contribution in [2.24, 2.45) is 0 Å². The van der Waals surface area contributed by atoms with Crippen LogP contribution < -0.4 is 10.2 Å². The fourth-order valence-electron chi connectivity index (χ4n) is 1.49. The molecule has 5 heteroatoms. The molecule has 0 saturated carbocycles. The molecule has 0 aromatic carbocycles. The first-order valence-corrected chi connectivity index (χ1v) is 5.89. The number of nitrogens with one attached hydrogen (secondary N) is 1. The van der Waals surface area contributed by atoms with E-state index in [0.717, 1.165) is 18.1 Å². The Balaban J connectivity index is 3.01. The minimum atomic E-state index is 0.427. The SMILES string of the molecule is CCC(C)N(C)c1cc(NC)nc(COC)n1. The predicted molar refractivity (Wildman–Crippen MR) is 70.4 cm³/mol. The maximum atomic E-state index is 5.08. The first kappa shape index (κ1) is 13.7. The van der Waals surface area contributed by atoms with Gasteiger partial charge in [0.1, 0.15) is 18.2 Å². The lowest BCUT2D eigenvalue weighted by Crippen LogP contribution is -2.29. The smallest absolute Gasteiger partial charge is 0.158 e. The Morgan fingerprint density at radius 1 is 1.47 bits per heavy atom. The third-order valence-electron chi connectivity index (χ3n) is 2.90. The summed E-state index contributed by atoms with van der Waals surface area (Å²) >= 11 is 0. The monoisotopic (exact) mass is 238 g/mol. The molecule has 96 valence electrons. The summed E-state index contributed by atoms with van der Waals surface area (Å²) in [5.41, 5.74) is 0. The largest absolute Gasteiger partial charge is 0.377 e. The van der Waals surface area contributed by atoms with Crippen LogP contribution in [0.4, 0.5) is 11.6 Å². The zero-order valence-corrected chi connectivity index (χ0v) is 11.3. The van der Waals surface area contributed by atoms with Crippen molar-refractivity contribution in [2.75, 3.05) is 31.4 Å². The van der Waals surface area contributed by atoms with E-state index in [9.17, 15) is 0 Å². The molecule has 0 radical (unpaired) electrons. The van der Waals surface area contributed by atoms with E-state index in [4.69, 9.17) is 4.74 Å². The Bertz CT molecular complexity index is 356. The molecule has 1 atom stereocenters. The van der Waals surface area contributed by atoms with Crippen LogP contribution in [0.1, 0.15) is 26.1 Å². The summed E-state index contributed by atoms with van der Waals surface area (Å²) in [6.45, 7) is 4.77. The van der Waals surface area contributed by atoms with Crippen LogP contribution in [-0.4, -0.2) is 37.2 Å². The van der Waals surface area contributed by atoms with Crippen molar-refractivity contribution in [2.45, 2.75) is 32.9 Å². The summed E-state index contributed by atoms with van der Waals surface area (Å²) in [5.74, 6) is 2.44. The lowest BCUT2D eigenvalue weighted by Gasteiger charge is -2.25. The second-order valence-corrected chi connectivity index (χ2v) is 4.08. The highest BCUT2D eigenvalue weighted by atomic mass is 16.5. The molecule has 5 nitrogen and oxygen atoms in total. The Hall–Kier alpha value is -1.36. The van der Waals surface area contributed by atoms with Gasteiger partial charge in [-0.2, -0.15) is 0 Å². The zero-order chi connectivity index (χ0) is 12.8. The van der Waals surface area contributed by atoms with Crippen molar-refractivity contribution in [3.63, 3.8) is 0 Å². The Morgan fingerprint density at radius 2 is 2.18 bits per heavy atom. The van der Waals surface area contributed by atoms with Crippen molar-refractivity contribution in [3.05, 3.63) is 11.9 Å². The summed E-state index contributed by atoms with van der Waals surface area (Å²) in [7, 11) is 5.55. The molecule has 0 fully saturated rings. The summed E-state index contributed by atoms with van der Waals surface area (Å²) in [4.78, 5) is 11.0. The van der Waals surface area contributed by atoms with Gasteiger partial charge in [0, 0.05) is 33.3 Å². The van der Waals surface area contributed by atoms with Crippen molar-refractivity contribution in [3.8, 4) is 0 Å². The highest BCUT2D eigenvalue weighted by Crippen LogP contribution is 2.17. The highest BCUT2D eigenvalue weighted by Gasteiger charge is 2.12.